The van der Waals surface area contributed by atoms with Crippen LogP contribution >= 0.6 is 47.2 Å². The third-order valence-electron chi connectivity index (χ3n) is 4.22. The van der Waals surface area contributed by atoms with Crippen molar-refractivity contribution in [1.29, 1.82) is 0 Å². The van der Waals surface area contributed by atoms with Crippen molar-refractivity contribution in [2.24, 2.45) is 12.0 Å². The van der Waals surface area contributed by atoms with Crippen molar-refractivity contribution in [1.82, 2.24) is 24.9 Å². The summed E-state index contributed by atoms with van der Waals surface area (Å²) in [4.78, 5) is 10.8. The average Bonchev–Trinajstić information content (AvgIpc) is 3.25. The first kappa shape index (κ1) is 23.5. The minimum atomic E-state index is 0. The molecule has 0 radical (unpaired) electrons. The molecule has 0 amide bonds. The van der Waals surface area contributed by atoms with Crippen LogP contribution in [0.4, 0.5) is 0 Å². The van der Waals surface area contributed by atoms with Gasteiger partial charge >= 0.3 is 0 Å². The fourth-order valence-electron chi connectivity index (χ4n) is 2.81. The van der Waals surface area contributed by atoms with Crippen molar-refractivity contribution in [2.45, 2.75) is 13.0 Å². The van der Waals surface area contributed by atoms with Crippen molar-refractivity contribution in [3.63, 3.8) is 0 Å². The van der Waals surface area contributed by atoms with Gasteiger partial charge in [0, 0.05) is 56.6 Å². The summed E-state index contributed by atoms with van der Waals surface area (Å²) in [6.07, 6.45) is 2.46. The van der Waals surface area contributed by atoms with Crippen LogP contribution < -0.4 is 5.32 Å². The molecule has 1 N–H and O–H groups in total. The van der Waals surface area contributed by atoms with E-state index >= 15 is 0 Å². The lowest BCUT2D eigenvalue weighted by Gasteiger charge is -2.22. The lowest BCUT2D eigenvalue weighted by molar-refractivity contribution is 0.377. The van der Waals surface area contributed by atoms with Gasteiger partial charge < -0.3 is 19.3 Å². The van der Waals surface area contributed by atoms with Crippen molar-refractivity contribution >= 4 is 53.1 Å². The highest BCUT2D eigenvalue weighted by atomic mass is 127. The molecule has 3 aromatic rings. The first-order chi connectivity index (χ1) is 13.5. The normalized spacial score (nSPS) is 11.3. The van der Waals surface area contributed by atoms with Gasteiger partial charge in [0.25, 0.3) is 0 Å². The second-order valence-electron chi connectivity index (χ2n) is 6.36. The number of aromatic nitrogens is 3. The van der Waals surface area contributed by atoms with Gasteiger partial charge in [0.1, 0.15) is 0 Å². The standard InChI is InChI=1S/C19H22Cl2N6O.HI/c1-22-19(27(3)12-16-10-15(21)11-26(16)2)23-8-7-17-24-18(25-28-17)13-5-4-6-14(20)9-13;/h4-6,9-11H,7-8,12H2,1-3H3,(H,22,23);1H. The Balaban J connectivity index is 0.00000300. The summed E-state index contributed by atoms with van der Waals surface area (Å²) in [7, 11) is 5.69. The Kier molecular flexibility index (Phi) is 8.79. The zero-order valence-electron chi connectivity index (χ0n) is 16.4. The molecule has 7 nitrogen and oxygen atoms in total. The minimum Gasteiger partial charge on any atom is -0.356 e. The molecule has 0 aliphatic carbocycles. The molecule has 10 heteroatoms. The predicted octanol–water partition coefficient (Wildman–Crippen LogP) is 4.25. The number of rotatable bonds is 6. The monoisotopic (exact) mass is 548 g/mol. The second kappa shape index (κ2) is 10.8. The lowest BCUT2D eigenvalue weighted by Crippen LogP contribution is -2.39. The predicted molar refractivity (Wildman–Crippen MR) is 127 cm³/mol. The van der Waals surface area contributed by atoms with E-state index < -0.39 is 0 Å². The molecule has 0 saturated carbocycles. The van der Waals surface area contributed by atoms with E-state index in [1.54, 1.807) is 13.1 Å². The van der Waals surface area contributed by atoms with Gasteiger partial charge in [-0.1, -0.05) is 40.5 Å². The molecule has 0 bridgehead atoms. The number of nitrogens with one attached hydrogen (secondary N) is 1. The SMILES string of the molecule is CN=C(NCCc1nc(-c2cccc(Cl)c2)no1)N(C)Cc1cc(Cl)cn1C.I. The maximum atomic E-state index is 6.05. The molecule has 0 fully saturated rings. The number of guanidine groups is 1. The fraction of sp³-hybridized carbons (Fsp3) is 0.316. The quantitative estimate of drug-likeness (QED) is 0.283. The van der Waals surface area contributed by atoms with Gasteiger partial charge in [-0.3, -0.25) is 4.99 Å². The molecular weight excluding hydrogens is 526 g/mol. The van der Waals surface area contributed by atoms with Gasteiger partial charge in [-0.15, -0.1) is 24.0 Å². The topological polar surface area (TPSA) is 71.5 Å². The smallest absolute Gasteiger partial charge is 0.228 e. The van der Waals surface area contributed by atoms with E-state index in [0.717, 1.165) is 22.2 Å². The van der Waals surface area contributed by atoms with Crippen molar-refractivity contribution < 1.29 is 4.52 Å². The van der Waals surface area contributed by atoms with E-state index in [2.05, 4.69) is 20.4 Å². The van der Waals surface area contributed by atoms with Crippen molar-refractivity contribution in [3.05, 3.63) is 58.2 Å². The summed E-state index contributed by atoms with van der Waals surface area (Å²) in [6, 6.07) is 9.31. The number of aliphatic imine (C=N–C) groups is 1. The van der Waals surface area contributed by atoms with E-state index in [4.69, 9.17) is 27.7 Å². The highest BCUT2D eigenvalue weighted by Gasteiger charge is 2.12. The van der Waals surface area contributed by atoms with Crippen LogP contribution in [-0.4, -0.2) is 46.2 Å². The van der Waals surface area contributed by atoms with Gasteiger partial charge in [-0.25, -0.2) is 0 Å². The molecule has 1 aromatic carbocycles. The van der Waals surface area contributed by atoms with Crippen LogP contribution in [0.5, 0.6) is 0 Å². The molecule has 156 valence electrons. The summed E-state index contributed by atoms with van der Waals surface area (Å²) in [5.41, 5.74) is 1.92. The maximum absolute atomic E-state index is 6.05. The fourth-order valence-corrected chi connectivity index (χ4v) is 3.27. The molecule has 0 spiro atoms. The number of halogens is 3. The van der Waals surface area contributed by atoms with Crippen LogP contribution in [-0.2, 0) is 20.0 Å². The highest BCUT2D eigenvalue weighted by molar-refractivity contribution is 14.0. The second-order valence-corrected chi connectivity index (χ2v) is 7.24. The van der Waals surface area contributed by atoms with E-state index in [0.29, 0.717) is 36.2 Å². The van der Waals surface area contributed by atoms with Gasteiger partial charge in [-0.2, -0.15) is 4.98 Å². The third kappa shape index (κ3) is 6.35. The Morgan fingerprint density at radius 1 is 1.28 bits per heavy atom. The van der Waals surface area contributed by atoms with E-state index in [-0.39, 0.29) is 24.0 Å². The summed E-state index contributed by atoms with van der Waals surface area (Å²) in [5.74, 6) is 1.85. The van der Waals surface area contributed by atoms with Gasteiger partial charge in [-0.05, 0) is 18.2 Å². The van der Waals surface area contributed by atoms with Crippen LogP contribution in [0.3, 0.4) is 0 Å². The van der Waals surface area contributed by atoms with Crippen molar-refractivity contribution in [2.75, 3.05) is 20.6 Å². The largest absolute Gasteiger partial charge is 0.356 e. The molecule has 0 aliphatic rings. The lowest BCUT2D eigenvalue weighted by atomic mass is 10.2. The number of aryl methyl sites for hydroxylation is 1. The Bertz CT molecular complexity index is 971. The van der Waals surface area contributed by atoms with Crippen LogP contribution in [0, 0.1) is 0 Å². The summed E-state index contributed by atoms with van der Waals surface area (Å²) in [5, 5.41) is 8.69. The number of hydrogen-bond acceptors (Lipinski definition) is 4. The molecule has 0 aliphatic heterocycles. The summed E-state index contributed by atoms with van der Waals surface area (Å²) < 4.78 is 7.34. The number of nitrogens with zero attached hydrogens (tertiary/aromatic N) is 5. The summed E-state index contributed by atoms with van der Waals surface area (Å²) >= 11 is 12.1. The number of benzene rings is 1. The van der Waals surface area contributed by atoms with Gasteiger partial charge in [0.05, 0.1) is 11.6 Å². The van der Waals surface area contributed by atoms with Crippen LogP contribution in [0.2, 0.25) is 10.0 Å². The third-order valence-corrected chi connectivity index (χ3v) is 4.66. The first-order valence-corrected chi connectivity index (χ1v) is 9.53. The van der Waals surface area contributed by atoms with Gasteiger partial charge in [0.15, 0.2) is 5.96 Å². The first-order valence-electron chi connectivity index (χ1n) is 8.77. The molecule has 0 saturated heterocycles. The van der Waals surface area contributed by atoms with E-state index in [1.807, 2.05) is 54.0 Å². The molecule has 29 heavy (non-hydrogen) atoms. The van der Waals surface area contributed by atoms with E-state index in [9.17, 15) is 0 Å². The molecular formula is C19H23Cl2IN6O. The van der Waals surface area contributed by atoms with Gasteiger partial charge in [0.2, 0.25) is 11.7 Å². The molecule has 0 atom stereocenters. The van der Waals surface area contributed by atoms with Crippen LogP contribution in [0.15, 0.2) is 46.0 Å². The molecule has 3 rings (SSSR count). The number of hydrogen-bond donors (Lipinski definition) is 1. The maximum Gasteiger partial charge on any atom is 0.228 e. The molecule has 2 heterocycles. The zero-order valence-corrected chi connectivity index (χ0v) is 20.2. The Hall–Kier alpha value is -1.78. The van der Waals surface area contributed by atoms with Crippen LogP contribution in [0.25, 0.3) is 11.4 Å². The summed E-state index contributed by atoms with van der Waals surface area (Å²) in [6.45, 7) is 1.30. The molecule has 2 aromatic heterocycles. The van der Waals surface area contributed by atoms with Crippen molar-refractivity contribution in [3.8, 4) is 11.4 Å². The Morgan fingerprint density at radius 2 is 2.07 bits per heavy atom. The van der Waals surface area contributed by atoms with Crippen LogP contribution in [0.1, 0.15) is 11.6 Å². The Labute approximate surface area is 197 Å². The van der Waals surface area contributed by atoms with E-state index in [1.165, 1.54) is 0 Å². The zero-order chi connectivity index (χ0) is 20.1. The Morgan fingerprint density at radius 3 is 2.72 bits per heavy atom. The molecule has 0 unspecified atom stereocenters. The minimum absolute atomic E-state index is 0. The highest BCUT2D eigenvalue weighted by Crippen LogP contribution is 2.20. The average molecular weight is 549 g/mol.